The summed E-state index contributed by atoms with van der Waals surface area (Å²) in [6.07, 6.45) is 0. The SMILES string of the molecule is c1ccc(-c2ccc(-c3nc(-c4ccc5c(c4)oc4ccccc45)nc(-c4cccc5oc6c(-c7cccc8c9ccccc9n(-c9ccccc9)c78)cccc6c45)n3)cc2)cc1. The van der Waals surface area contributed by atoms with E-state index in [1.165, 1.54) is 10.8 Å². The van der Waals surface area contributed by atoms with Crippen LogP contribution >= 0.6 is 0 Å². The Morgan fingerprint density at radius 1 is 0.333 bits per heavy atom. The second-order valence-electron chi connectivity index (χ2n) is 15.9. The highest BCUT2D eigenvalue weighted by Gasteiger charge is 2.23. The Bertz CT molecular complexity index is 3900. The lowest BCUT2D eigenvalue weighted by atomic mass is 9.98. The Labute approximate surface area is 361 Å². The largest absolute Gasteiger partial charge is 0.456 e. The van der Waals surface area contributed by atoms with Gasteiger partial charge in [-0.2, -0.15) is 0 Å². The van der Waals surface area contributed by atoms with E-state index in [4.69, 9.17) is 23.8 Å². The van der Waals surface area contributed by atoms with E-state index in [9.17, 15) is 0 Å². The quantitative estimate of drug-likeness (QED) is 0.167. The number of nitrogens with zero attached hydrogens (tertiary/aromatic N) is 4. The Morgan fingerprint density at radius 3 is 1.75 bits per heavy atom. The second-order valence-corrected chi connectivity index (χ2v) is 15.9. The number of para-hydroxylation sites is 5. The average Bonchev–Trinajstić information content (AvgIpc) is 4.04. The van der Waals surface area contributed by atoms with Crippen LogP contribution in [0.3, 0.4) is 0 Å². The molecule has 0 fully saturated rings. The topological polar surface area (TPSA) is 69.9 Å². The first-order chi connectivity index (χ1) is 31.2. The minimum absolute atomic E-state index is 0.551. The highest BCUT2D eigenvalue weighted by Crippen LogP contribution is 2.44. The van der Waals surface area contributed by atoms with Gasteiger partial charge in [-0.3, -0.25) is 0 Å². The van der Waals surface area contributed by atoms with E-state index in [0.29, 0.717) is 17.5 Å². The van der Waals surface area contributed by atoms with Crippen molar-refractivity contribution in [3.63, 3.8) is 0 Å². The number of hydrogen-bond donors (Lipinski definition) is 0. The van der Waals surface area contributed by atoms with E-state index in [1.54, 1.807) is 0 Å². The number of rotatable bonds is 6. The number of benzene rings is 9. The van der Waals surface area contributed by atoms with E-state index in [1.807, 2.05) is 42.5 Å². The van der Waals surface area contributed by atoms with Crippen LogP contribution in [-0.2, 0) is 0 Å². The molecule has 0 aliphatic heterocycles. The molecule has 6 nitrogen and oxygen atoms in total. The fourth-order valence-corrected chi connectivity index (χ4v) is 9.39. The number of hydrogen-bond acceptors (Lipinski definition) is 5. The Balaban J connectivity index is 1.02. The van der Waals surface area contributed by atoms with Gasteiger partial charge in [0, 0.05) is 65.8 Å². The van der Waals surface area contributed by atoms with Crippen LogP contribution < -0.4 is 0 Å². The van der Waals surface area contributed by atoms with Crippen LogP contribution in [0.15, 0.2) is 215 Å². The standard InChI is InChI=1S/C57H34N4O2/c1-3-14-35(15-4-1)36-28-30-37(31-29-36)55-58-56(38-32-33-42-41-19-8-10-26-49(41)62-51(42)34-38)60-57(59-55)47-24-13-27-50-52(47)46-23-12-22-45(54(46)63-50)44-21-11-20-43-40-18-7-9-25-48(40)61(53(43)44)39-16-5-2-6-17-39/h1-34H. The first kappa shape index (κ1) is 35.2. The fraction of sp³-hybridized carbons (Fsp3) is 0. The summed E-state index contributed by atoms with van der Waals surface area (Å²) in [6.45, 7) is 0. The first-order valence-electron chi connectivity index (χ1n) is 21.1. The highest BCUT2D eigenvalue weighted by atomic mass is 16.3. The molecule has 4 heterocycles. The molecule has 294 valence electrons. The van der Waals surface area contributed by atoms with Crippen molar-refractivity contribution in [2.75, 3.05) is 0 Å². The molecular weight excluding hydrogens is 773 g/mol. The van der Waals surface area contributed by atoms with Crippen LogP contribution in [0, 0.1) is 0 Å². The normalized spacial score (nSPS) is 11.8. The zero-order valence-electron chi connectivity index (χ0n) is 33.7. The van der Waals surface area contributed by atoms with Gasteiger partial charge in [0.15, 0.2) is 17.5 Å². The average molecular weight is 807 g/mol. The fourth-order valence-electron chi connectivity index (χ4n) is 9.39. The molecule has 4 aromatic heterocycles. The van der Waals surface area contributed by atoms with Gasteiger partial charge in [0.2, 0.25) is 0 Å². The highest BCUT2D eigenvalue weighted by molar-refractivity contribution is 6.19. The molecule has 0 radical (unpaired) electrons. The summed E-state index contributed by atoms with van der Waals surface area (Å²) in [5.41, 5.74) is 13.5. The zero-order valence-corrected chi connectivity index (χ0v) is 33.7. The van der Waals surface area contributed by atoms with Crippen molar-refractivity contribution in [3.05, 3.63) is 206 Å². The Morgan fingerprint density at radius 2 is 0.905 bits per heavy atom. The number of fused-ring (bicyclic) bond motifs is 9. The lowest BCUT2D eigenvalue weighted by Crippen LogP contribution is -2.00. The predicted molar refractivity (Wildman–Crippen MR) is 256 cm³/mol. The van der Waals surface area contributed by atoms with Gasteiger partial charge in [-0.1, -0.05) is 164 Å². The van der Waals surface area contributed by atoms with E-state index >= 15 is 0 Å². The number of furan rings is 2. The summed E-state index contributed by atoms with van der Waals surface area (Å²) < 4.78 is 15.6. The van der Waals surface area contributed by atoms with Crippen LogP contribution in [0.5, 0.6) is 0 Å². The second kappa shape index (κ2) is 14.0. The zero-order chi connectivity index (χ0) is 41.4. The summed E-state index contributed by atoms with van der Waals surface area (Å²) in [5.74, 6) is 1.68. The lowest BCUT2D eigenvalue weighted by Gasteiger charge is -2.12. The van der Waals surface area contributed by atoms with Crippen LogP contribution in [-0.4, -0.2) is 19.5 Å². The van der Waals surface area contributed by atoms with E-state index in [0.717, 1.165) is 99.5 Å². The molecule has 0 bridgehead atoms. The van der Waals surface area contributed by atoms with E-state index < -0.39 is 0 Å². The third-order valence-electron chi connectivity index (χ3n) is 12.3. The van der Waals surface area contributed by atoms with Gasteiger partial charge in [-0.25, -0.2) is 15.0 Å². The molecule has 0 N–H and O–H groups in total. The van der Waals surface area contributed by atoms with Crippen LogP contribution in [0.4, 0.5) is 0 Å². The molecule has 0 aliphatic rings. The van der Waals surface area contributed by atoms with E-state index in [-0.39, 0.29) is 0 Å². The molecule has 9 aromatic carbocycles. The smallest absolute Gasteiger partial charge is 0.164 e. The molecule has 6 heteroatoms. The summed E-state index contributed by atoms with van der Waals surface area (Å²) >= 11 is 0. The minimum atomic E-state index is 0.551. The molecule has 0 aliphatic carbocycles. The van der Waals surface area contributed by atoms with Crippen LogP contribution in [0.2, 0.25) is 0 Å². The molecule has 0 amide bonds. The van der Waals surface area contributed by atoms with Gasteiger partial charge in [0.05, 0.1) is 11.0 Å². The molecule has 13 aromatic rings. The maximum absolute atomic E-state index is 6.94. The molecule has 0 saturated heterocycles. The predicted octanol–water partition coefficient (Wildman–Crippen LogP) is 15.1. The lowest BCUT2D eigenvalue weighted by molar-refractivity contribution is 0.669. The first-order valence-corrected chi connectivity index (χ1v) is 21.1. The summed E-state index contributed by atoms with van der Waals surface area (Å²) in [7, 11) is 0. The molecule has 13 rings (SSSR count). The molecular formula is C57H34N4O2. The van der Waals surface area contributed by atoms with Crippen molar-refractivity contribution in [1.82, 2.24) is 19.5 Å². The van der Waals surface area contributed by atoms with Crippen LogP contribution in [0.1, 0.15) is 0 Å². The summed E-state index contributed by atoms with van der Waals surface area (Å²) in [6, 6.07) is 71.5. The van der Waals surface area contributed by atoms with Crippen molar-refractivity contribution in [3.8, 4) is 62.1 Å². The monoisotopic (exact) mass is 806 g/mol. The minimum Gasteiger partial charge on any atom is -0.456 e. The molecule has 63 heavy (non-hydrogen) atoms. The van der Waals surface area contributed by atoms with Crippen molar-refractivity contribution in [2.45, 2.75) is 0 Å². The Hall–Kier alpha value is -8.61. The van der Waals surface area contributed by atoms with Gasteiger partial charge >= 0.3 is 0 Å². The third kappa shape index (κ3) is 5.62. The van der Waals surface area contributed by atoms with Crippen LogP contribution in [0.25, 0.3) is 128 Å². The van der Waals surface area contributed by atoms with Gasteiger partial charge in [0.1, 0.15) is 22.3 Å². The van der Waals surface area contributed by atoms with Gasteiger partial charge in [-0.15, -0.1) is 0 Å². The molecule has 0 spiro atoms. The molecule has 0 atom stereocenters. The van der Waals surface area contributed by atoms with Crippen molar-refractivity contribution < 1.29 is 8.83 Å². The molecule has 0 saturated carbocycles. The van der Waals surface area contributed by atoms with Crippen molar-refractivity contribution in [2.24, 2.45) is 0 Å². The van der Waals surface area contributed by atoms with Crippen molar-refractivity contribution in [1.29, 1.82) is 0 Å². The van der Waals surface area contributed by atoms with Gasteiger partial charge in [-0.05, 0) is 53.6 Å². The number of aromatic nitrogens is 4. The maximum Gasteiger partial charge on any atom is 0.164 e. The summed E-state index contributed by atoms with van der Waals surface area (Å²) in [4.78, 5) is 15.6. The molecule has 0 unspecified atom stereocenters. The Kier molecular flexibility index (Phi) is 7.80. The summed E-state index contributed by atoms with van der Waals surface area (Å²) in [5, 5.41) is 6.43. The van der Waals surface area contributed by atoms with Gasteiger partial charge < -0.3 is 13.4 Å². The maximum atomic E-state index is 6.94. The van der Waals surface area contributed by atoms with Gasteiger partial charge in [0.25, 0.3) is 0 Å². The van der Waals surface area contributed by atoms with Crippen molar-refractivity contribution >= 4 is 65.7 Å². The van der Waals surface area contributed by atoms with E-state index in [2.05, 4.69) is 168 Å². The third-order valence-corrected chi connectivity index (χ3v) is 12.3.